The summed E-state index contributed by atoms with van der Waals surface area (Å²) in [6.07, 6.45) is 0.904. The Morgan fingerprint density at radius 3 is 2.55 bits per heavy atom. The Morgan fingerprint density at radius 2 is 2.05 bits per heavy atom. The summed E-state index contributed by atoms with van der Waals surface area (Å²) in [7, 11) is -2.25. The predicted molar refractivity (Wildman–Crippen MR) is 68.7 cm³/mol. The molecular weight excluding hydrogens is 287 g/mol. The first-order chi connectivity index (χ1) is 9.21. The van der Waals surface area contributed by atoms with E-state index in [1.54, 1.807) is 0 Å². The summed E-state index contributed by atoms with van der Waals surface area (Å²) in [5, 5.41) is 12.6. The van der Waals surface area contributed by atoms with Gasteiger partial charge in [-0.05, 0) is 18.2 Å². The Labute approximate surface area is 114 Å². The standard InChI is InChI=1S/C12H11FN2O4S/c1-15-9(6-8(14-15)12(16)17)7-4-3-5-10(11(7)13)20(2,18)19/h3-6H,1-2H3,(H,16,17). The molecule has 0 fully saturated rings. The molecule has 0 aliphatic carbocycles. The highest BCUT2D eigenvalue weighted by Gasteiger charge is 2.20. The normalized spacial score (nSPS) is 11.6. The lowest BCUT2D eigenvalue weighted by Crippen LogP contribution is -2.03. The Morgan fingerprint density at radius 1 is 1.40 bits per heavy atom. The zero-order valence-corrected chi connectivity index (χ0v) is 11.5. The predicted octanol–water partition coefficient (Wildman–Crippen LogP) is 1.33. The van der Waals surface area contributed by atoms with Crippen LogP contribution >= 0.6 is 0 Å². The zero-order chi connectivity index (χ0) is 15.1. The van der Waals surface area contributed by atoms with Crippen molar-refractivity contribution in [2.75, 3.05) is 6.26 Å². The molecule has 8 heteroatoms. The van der Waals surface area contributed by atoms with Gasteiger partial charge in [-0.1, -0.05) is 6.07 Å². The molecule has 2 rings (SSSR count). The highest BCUT2D eigenvalue weighted by molar-refractivity contribution is 7.90. The van der Waals surface area contributed by atoms with Gasteiger partial charge in [-0.15, -0.1) is 0 Å². The average molecular weight is 298 g/mol. The van der Waals surface area contributed by atoms with Gasteiger partial charge in [0.25, 0.3) is 0 Å². The molecule has 1 N–H and O–H groups in total. The van der Waals surface area contributed by atoms with Crippen LogP contribution in [0.25, 0.3) is 11.3 Å². The molecule has 1 heterocycles. The van der Waals surface area contributed by atoms with Gasteiger partial charge in [0.2, 0.25) is 0 Å². The van der Waals surface area contributed by atoms with Crippen LogP contribution < -0.4 is 0 Å². The molecular formula is C12H11FN2O4S. The van der Waals surface area contributed by atoms with Crippen molar-refractivity contribution in [1.82, 2.24) is 9.78 Å². The number of hydrogen-bond acceptors (Lipinski definition) is 4. The van der Waals surface area contributed by atoms with E-state index in [2.05, 4.69) is 5.10 Å². The molecule has 106 valence electrons. The largest absolute Gasteiger partial charge is 0.476 e. The fraction of sp³-hybridized carbons (Fsp3) is 0.167. The highest BCUT2D eigenvalue weighted by Crippen LogP contribution is 2.27. The van der Waals surface area contributed by atoms with Crippen LogP contribution in [0.1, 0.15) is 10.5 Å². The number of nitrogens with zero attached hydrogens (tertiary/aromatic N) is 2. The van der Waals surface area contributed by atoms with Crippen LogP contribution in [0, 0.1) is 5.82 Å². The smallest absolute Gasteiger partial charge is 0.356 e. The van der Waals surface area contributed by atoms with Gasteiger partial charge < -0.3 is 5.11 Å². The lowest BCUT2D eigenvalue weighted by molar-refractivity contribution is 0.0689. The maximum absolute atomic E-state index is 14.3. The first-order valence-electron chi connectivity index (χ1n) is 5.48. The molecule has 0 spiro atoms. The minimum Gasteiger partial charge on any atom is -0.476 e. The Hall–Kier alpha value is -2.22. The van der Waals surface area contributed by atoms with E-state index in [-0.39, 0.29) is 17.0 Å². The number of aromatic nitrogens is 2. The van der Waals surface area contributed by atoms with Crippen LogP contribution in [-0.4, -0.2) is 35.5 Å². The molecule has 20 heavy (non-hydrogen) atoms. The van der Waals surface area contributed by atoms with Gasteiger partial charge in [-0.3, -0.25) is 4.68 Å². The molecule has 6 nitrogen and oxygen atoms in total. The molecule has 0 aliphatic rings. The van der Waals surface area contributed by atoms with Crippen molar-refractivity contribution < 1.29 is 22.7 Å². The quantitative estimate of drug-likeness (QED) is 0.923. The van der Waals surface area contributed by atoms with Crippen LogP contribution in [0.5, 0.6) is 0 Å². The van der Waals surface area contributed by atoms with Crippen LogP contribution in [0.4, 0.5) is 4.39 Å². The maximum Gasteiger partial charge on any atom is 0.356 e. The topological polar surface area (TPSA) is 89.3 Å². The summed E-state index contributed by atoms with van der Waals surface area (Å²) in [5.41, 5.74) is -0.0764. The van der Waals surface area contributed by atoms with Gasteiger partial charge >= 0.3 is 5.97 Å². The average Bonchev–Trinajstić information content (AvgIpc) is 2.70. The minimum absolute atomic E-state index is 0.0181. The third-order valence-corrected chi connectivity index (χ3v) is 3.85. The van der Waals surface area contributed by atoms with E-state index in [0.29, 0.717) is 0 Å². The minimum atomic E-state index is -3.71. The van der Waals surface area contributed by atoms with E-state index in [0.717, 1.165) is 12.3 Å². The van der Waals surface area contributed by atoms with Crippen molar-refractivity contribution in [3.63, 3.8) is 0 Å². The van der Waals surface area contributed by atoms with Crippen LogP contribution in [0.15, 0.2) is 29.2 Å². The fourth-order valence-corrected chi connectivity index (χ4v) is 2.58. The third-order valence-electron chi connectivity index (χ3n) is 2.74. The summed E-state index contributed by atoms with van der Waals surface area (Å²) in [6.45, 7) is 0. The number of halogens is 1. The number of carboxylic acids is 1. The van der Waals surface area contributed by atoms with Crippen molar-refractivity contribution in [1.29, 1.82) is 0 Å². The Balaban J connectivity index is 2.68. The lowest BCUT2D eigenvalue weighted by Gasteiger charge is -2.07. The molecule has 0 saturated heterocycles. The molecule has 1 aromatic heterocycles. The number of carboxylic acid groups (broad SMARTS) is 1. The molecule has 0 radical (unpaired) electrons. The van der Waals surface area contributed by atoms with Gasteiger partial charge in [-0.25, -0.2) is 17.6 Å². The molecule has 0 saturated carbocycles. The van der Waals surface area contributed by atoms with Crippen LogP contribution in [0.2, 0.25) is 0 Å². The van der Waals surface area contributed by atoms with Gasteiger partial charge in [0.05, 0.1) is 5.69 Å². The van der Waals surface area contributed by atoms with E-state index < -0.39 is 26.5 Å². The summed E-state index contributed by atoms with van der Waals surface area (Å²) in [6, 6.07) is 5.10. The molecule has 0 unspecified atom stereocenters. The van der Waals surface area contributed by atoms with Crippen LogP contribution in [-0.2, 0) is 16.9 Å². The van der Waals surface area contributed by atoms with E-state index >= 15 is 0 Å². The third kappa shape index (κ3) is 2.42. The van der Waals surface area contributed by atoms with Crippen molar-refractivity contribution in [2.45, 2.75) is 4.90 Å². The number of aryl methyl sites for hydroxylation is 1. The molecule has 0 aliphatic heterocycles. The SMILES string of the molecule is Cn1nc(C(=O)O)cc1-c1cccc(S(C)(=O)=O)c1F. The number of carbonyl (C=O) groups is 1. The number of benzene rings is 1. The summed E-state index contributed by atoms with van der Waals surface area (Å²) in [4.78, 5) is 10.4. The van der Waals surface area contributed by atoms with Crippen molar-refractivity contribution >= 4 is 15.8 Å². The first-order valence-corrected chi connectivity index (χ1v) is 7.37. The summed E-state index contributed by atoms with van der Waals surface area (Å²) >= 11 is 0. The summed E-state index contributed by atoms with van der Waals surface area (Å²) in [5.74, 6) is -2.17. The van der Waals surface area contributed by atoms with E-state index in [9.17, 15) is 17.6 Å². The second kappa shape index (κ2) is 4.71. The summed E-state index contributed by atoms with van der Waals surface area (Å²) < 4.78 is 38.4. The lowest BCUT2D eigenvalue weighted by atomic mass is 10.1. The van der Waals surface area contributed by atoms with Crippen molar-refractivity contribution in [3.8, 4) is 11.3 Å². The van der Waals surface area contributed by atoms with Crippen molar-refractivity contribution in [2.24, 2.45) is 7.05 Å². The number of aromatic carboxylic acids is 1. The number of sulfone groups is 1. The molecule has 2 aromatic rings. The Kier molecular flexibility index (Phi) is 3.34. The molecule has 0 amide bonds. The van der Waals surface area contributed by atoms with Gasteiger partial charge in [-0.2, -0.15) is 5.10 Å². The van der Waals surface area contributed by atoms with Gasteiger partial charge in [0.1, 0.15) is 4.90 Å². The van der Waals surface area contributed by atoms with Gasteiger partial charge in [0, 0.05) is 18.9 Å². The second-order valence-electron chi connectivity index (χ2n) is 4.23. The maximum atomic E-state index is 14.3. The molecule has 0 bridgehead atoms. The van der Waals surface area contributed by atoms with Crippen molar-refractivity contribution in [3.05, 3.63) is 35.8 Å². The van der Waals surface area contributed by atoms with E-state index in [4.69, 9.17) is 5.11 Å². The monoisotopic (exact) mass is 298 g/mol. The molecule has 1 aromatic carbocycles. The highest BCUT2D eigenvalue weighted by atomic mass is 32.2. The van der Waals surface area contributed by atoms with Gasteiger partial charge in [0.15, 0.2) is 21.3 Å². The zero-order valence-electron chi connectivity index (χ0n) is 10.7. The second-order valence-corrected chi connectivity index (χ2v) is 6.22. The van der Waals surface area contributed by atoms with E-state index in [1.165, 1.54) is 29.9 Å². The number of hydrogen-bond donors (Lipinski definition) is 1. The Bertz CT molecular complexity index is 796. The first kappa shape index (κ1) is 14.2. The molecule has 0 atom stereocenters. The fourth-order valence-electron chi connectivity index (χ4n) is 1.82. The number of rotatable bonds is 3. The van der Waals surface area contributed by atoms with E-state index in [1.807, 2.05) is 0 Å². The van der Waals surface area contributed by atoms with Crippen LogP contribution in [0.3, 0.4) is 0 Å².